The highest BCUT2D eigenvalue weighted by Gasteiger charge is 2.08. The molecule has 0 aliphatic heterocycles. The van der Waals surface area contributed by atoms with Crippen molar-refractivity contribution < 1.29 is 14.3 Å². The Balaban J connectivity index is 1.92. The summed E-state index contributed by atoms with van der Waals surface area (Å²) in [5.41, 5.74) is 0.934. The molecule has 0 aliphatic rings. The Morgan fingerprint density at radius 2 is 1.85 bits per heavy atom. The number of aromatic nitrogens is 1. The van der Waals surface area contributed by atoms with Gasteiger partial charge in [-0.3, -0.25) is 9.59 Å². The largest absolute Gasteiger partial charge is 0.491 e. The van der Waals surface area contributed by atoms with E-state index in [1.807, 2.05) is 27.7 Å². The van der Waals surface area contributed by atoms with Gasteiger partial charge in [-0.05, 0) is 44.0 Å². The fourth-order valence-corrected chi connectivity index (χ4v) is 2.21. The van der Waals surface area contributed by atoms with Crippen LogP contribution in [0.25, 0.3) is 0 Å². The molecule has 0 fully saturated rings. The smallest absolute Gasteiger partial charge is 0.251 e. The van der Waals surface area contributed by atoms with E-state index in [1.165, 1.54) is 12.3 Å². The van der Waals surface area contributed by atoms with Crippen LogP contribution in [-0.4, -0.2) is 23.6 Å². The SMILES string of the molecule is CC(C)COc1c[nH]c(CNC(=O)c2ccc(OC(C)C)cc2)cc1=O. The number of aromatic amines is 1. The quantitative estimate of drug-likeness (QED) is 0.760. The first-order valence-electron chi connectivity index (χ1n) is 8.74. The van der Waals surface area contributed by atoms with Crippen molar-refractivity contribution in [1.82, 2.24) is 10.3 Å². The summed E-state index contributed by atoms with van der Waals surface area (Å²) in [6.45, 7) is 8.62. The zero-order valence-corrected chi connectivity index (χ0v) is 15.7. The minimum atomic E-state index is -0.220. The molecular weight excluding hydrogens is 332 g/mol. The van der Waals surface area contributed by atoms with E-state index in [1.54, 1.807) is 24.3 Å². The Bertz CT molecular complexity index is 779. The lowest BCUT2D eigenvalue weighted by Gasteiger charge is -2.11. The van der Waals surface area contributed by atoms with Gasteiger partial charge >= 0.3 is 0 Å². The third-order valence-electron chi connectivity index (χ3n) is 3.44. The third-order valence-corrected chi connectivity index (χ3v) is 3.44. The summed E-state index contributed by atoms with van der Waals surface area (Å²) in [7, 11) is 0. The second-order valence-corrected chi connectivity index (χ2v) is 6.77. The van der Waals surface area contributed by atoms with Gasteiger partial charge in [-0.2, -0.15) is 0 Å². The second-order valence-electron chi connectivity index (χ2n) is 6.77. The lowest BCUT2D eigenvalue weighted by molar-refractivity contribution is 0.0950. The van der Waals surface area contributed by atoms with Crippen LogP contribution in [0.1, 0.15) is 43.7 Å². The van der Waals surface area contributed by atoms with Gasteiger partial charge in [-0.25, -0.2) is 0 Å². The molecule has 1 heterocycles. The highest BCUT2D eigenvalue weighted by molar-refractivity contribution is 5.94. The first kappa shape index (κ1) is 19.6. The molecule has 2 aromatic rings. The van der Waals surface area contributed by atoms with E-state index < -0.39 is 0 Å². The summed E-state index contributed by atoms with van der Waals surface area (Å²) >= 11 is 0. The standard InChI is InChI=1S/C20H26N2O4/c1-13(2)12-25-19-11-21-16(9-18(19)23)10-22-20(24)15-5-7-17(8-6-15)26-14(3)4/h5-9,11,13-14H,10,12H2,1-4H3,(H,21,23)(H,22,24). The van der Waals surface area contributed by atoms with E-state index in [9.17, 15) is 9.59 Å². The van der Waals surface area contributed by atoms with E-state index in [-0.39, 0.29) is 29.7 Å². The second kappa shape index (κ2) is 9.08. The molecule has 140 valence electrons. The van der Waals surface area contributed by atoms with Gasteiger partial charge < -0.3 is 19.8 Å². The number of H-pyrrole nitrogens is 1. The van der Waals surface area contributed by atoms with Gasteiger partial charge in [0.2, 0.25) is 5.43 Å². The molecule has 6 heteroatoms. The molecule has 0 unspecified atom stereocenters. The maximum Gasteiger partial charge on any atom is 0.251 e. The number of hydrogen-bond acceptors (Lipinski definition) is 4. The number of nitrogens with one attached hydrogen (secondary N) is 2. The molecule has 1 aromatic carbocycles. The average molecular weight is 358 g/mol. The Morgan fingerprint density at radius 3 is 2.42 bits per heavy atom. The lowest BCUT2D eigenvalue weighted by atomic mass is 10.2. The number of pyridine rings is 1. The maximum absolute atomic E-state index is 12.2. The van der Waals surface area contributed by atoms with Crippen LogP contribution in [0.3, 0.4) is 0 Å². The van der Waals surface area contributed by atoms with Crippen molar-refractivity contribution >= 4 is 5.91 Å². The van der Waals surface area contributed by atoms with Crippen LogP contribution >= 0.6 is 0 Å². The highest BCUT2D eigenvalue weighted by atomic mass is 16.5. The van der Waals surface area contributed by atoms with Gasteiger partial charge in [0.25, 0.3) is 5.91 Å². The van der Waals surface area contributed by atoms with Crippen molar-refractivity contribution in [2.75, 3.05) is 6.61 Å². The van der Waals surface area contributed by atoms with Crippen LogP contribution in [0.5, 0.6) is 11.5 Å². The van der Waals surface area contributed by atoms with Crippen molar-refractivity contribution in [3.8, 4) is 11.5 Å². The van der Waals surface area contributed by atoms with Crippen molar-refractivity contribution in [3.63, 3.8) is 0 Å². The third kappa shape index (κ3) is 5.95. The Hall–Kier alpha value is -2.76. The molecule has 0 aliphatic carbocycles. The predicted octanol–water partition coefficient (Wildman–Crippen LogP) is 3.13. The fourth-order valence-electron chi connectivity index (χ4n) is 2.21. The van der Waals surface area contributed by atoms with Gasteiger partial charge in [0.05, 0.1) is 19.3 Å². The van der Waals surface area contributed by atoms with Crippen LogP contribution < -0.4 is 20.2 Å². The lowest BCUT2D eigenvalue weighted by Crippen LogP contribution is -2.24. The molecule has 2 rings (SSSR count). The van der Waals surface area contributed by atoms with Gasteiger partial charge in [0.15, 0.2) is 5.75 Å². The molecule has 0 radical (unpaired) electrons. The number of carbonyl (C=O) groups excluding carboxylic acids is 1. The van der Waals surface area contributed by atoms with E-state index in [4.69, 9.17) is 9.47 Å². The van der Waals surface area contributed by atoms with Crippen molar-refractivity contribution in [1.29, 1.82) is 0 Å². The average Bonchev–Trinajstić information content (AvgIpc) is 2.59. The number of carbonyl (C=O) groups is 1. The van der Waals surface area contributed by atoms with Crippen LogP contribution in [0.15, 0.2) is 41.3 Å². The summed E-state index contributed by atoms with van der Waals surface area (Å²) in [5.74, 6) is 1.13. The molecule has 6 nitrogen and oxygen atoms in total. The Morgan fingerprint density at radius 1 is 1.15 bits per heavy atom. The van der Waals surface area contributed by atoms with Crippen LogP contribution in [0.2, 0.25) is 0 Å². The molecule has 2 N–H and O–H groups in total. The predicted molar refractivity (Wildman–Crippen MR) is 101 cm³/mol. The van der Waals surface area contributed by atoms with Crippen LogP contribution in [-0.2, 0) is 6.54 Å². The molecule has 0 atom stereocenters. The zero-order valence-electron chi connectivity index (χ0n) is 15.7. The first-order chi connectivity index (χ1) is 12.3. The van der Waals surface area contributed by atoms with Crippen LogP contribution in [0.4, 0.5) is 0 Å². The molecule has 1 aromatic heterocycles. The fraction of sp³-hybridized carbons (Fsp3) is 0.400. The highest BCUT2D eigenvalue weighted by Crippen LogP contribution is 2.14. The topological polar surface area (TPSA) is 80.4 Å². The van der Waals surface area contributed by atoms with Gasteiger partial charge in [0.1, 0.15) is 5.75 Å². The van der Waals surface area contributed by atoms with E-state index in [0.717, 1.165) is 5.75 Å². The first-order valence-corrected chi connectivity index (χ1v) is 8.74. The van der Waals surface area contributed by atoms with Gasteiger partial charge in [-0.15, -0.1) is 0 Å². The van der Waals surface area contributed by atoms with Crippen molar-refractivity contribution in [2.24, 2.45) is 5.92 Å². The molecule has 26 heavy (non-hydrogen) atoms. The van der Waals surface area contributed by atoms with Crippen molar-refractivity contribution in [3.05, 3.63) is 58.0 Å². The molecule has 1 amide bonds. The van der Waals surface area contributed by atoms with Crippen LogP contribution in [0, 0.1) is 5.92 Å². The number of hydrogen-bond donors (Lipinski definition) is 2. The summed E-state index contributed by atoms with van der Waals surface area (Å²) in [4.78, 5) is 27.2. The van der Waals surface area contributed by atoms with E-state index in [2.05, 4.69) is 10.3 Å². The monoisotopic (exact) mass is 358 g/mol. The molecule has 0 saturated heterocycles. The molecule has 0 bridgehead atoms. The minimum Gasteiger partial charge on any atom is -0.491 e. The number of amides is 1. The molecule has 0 spiro atoms. The van der Waals surface area contributed by atoms with Crippen molar-refractivity contribution in [2.45, 2.75) is 40.3 Å². The number of ether oxygens (including phenoxy) is 2. The molecular formula is C20H26N2O4. The molecule has 0 saturated carbocycles. The Labute approximate surface area is 153 Å². The van der Waals surface area contributed by atoms with E-state index in [0.29, 0.717) is 23.8 Å². The normalized spacial score (nSPS) is 10.8. The summed E-state index contributed by atoms with van der Waals surface area (Å²) < 4.78 is 11.0. The zero-order chi connectivity index (χ0) is 19.1. The summed E-state index contributed by atoms with van der Waals surface area (Å²) in [6.07, 6.45) is 1.61. The van der Waals surface area contributed by atoms with E-state index >= 15 is 0 Å². The summed E-state index contributed by atoms with van der Waals surface area (Å²) in [5, 5.41) is 2.78. The number of rotatable bonds is 8. The number of benzene rings is 1. The minimum absolute atomic E-state index is 0.0824. The van der Waals surface area contributed by atoms with Gasteiger partial charge in [0, 0.05) is 23.5 Å². The maximum atomic E-state index is 12.2. The summed E-state index contributed by atoms with van der Waals surface area (Å²) in [6, 6.07) is 8.38. The Kier molecular flexibility index (Phi) is 6.83. The van der Waals surface area contributed by atoms with Gasteiger partial charge in [-0.1, -0.05) is 13.8 Å².